The van der Waals surface area contributed by atoms with E-state index < -0.39 is 13.6 Å². The molecular weight excluding hydrogens is 284 g/mol. The van der Waals surface area contributed by atoms with E-state index in [1.807, 2.05) is 6.07 Å². The van der Waals surface area contributed by atoms with Crippen molar-refractivity contribution in [2.75, 3.05) is 13.5 Å². The molecule has 1 aromatic rings. The summed E-state index contributed by atoms with van der Waals surface area (Å²) in [5.41, 5.74) is 2.13. The van der Waals surface area contributed by atoms with Gasteiger partial charge in [0.2, 0.25) is 0 Å². The van der Waals surface area contributed by atoms with Crippen molar-refractivity contribution in [3.05, 3.63) is 29.3 Å². The molecule has 1 unspecified atom stereocenters. The lowest BCUT2D eigenvalue weighted by Crippen LogP contribution is -2.59. The highest BCUT2D eigenvalue weighted by atomic mass is 19.3. The number of fused-ring (bicyclic) bond motifs is 1. The number of hydrogen-bond donors (Lipinski definition) is 0. The van der Waals surface area contributed by atoms with Crippen molar-refractivity contribution in [2.24, 2.45) is 5.92 Å². The first-order valence-corrected chi connectivity index (χ1v) is 8.16. The minimum Gasteiger partial charge on any atom is -0.435 e. The second-order valence-electron chi connectivity index (χ2n) is 6.92. The summed E-state index contributed by atoms with van der Waals surface area (Å²) in [6.07, 6.45) is 5.69. The predicted octanol–water partition coefficient (Wildman–Crippen LogP) is 3.98. The van der Waals surface area contributed by atoms with Crippen LogP contribution in [-0.2, 0) is 11.8 Å². The highest BCUT2D eigenvalue weighted by Gasteiger charge is 2.53. The van der Waals surface area contributed by atoms with E-state index in [2.05, 4.69) is 4.74 Å². The van der Waals surface area contributed by atoms with Crippen molar-refractivity contribution in [3.8, 4) is 5.75 Å². The summed E-state index contributed by atoms with van der Waals surface area (Å²) in [6.45, 7) is -4.37. The summed E-state index contributed by atoms with van der Waals surface area (Å²) in [5.74, 6) is 0.494. The summed E-state index contributed by atoms with van der Waals surface area (Å²) < 4.78 is 53.6. The van der Waals surface area contributed by atoms with Gasteiger partial charge in [-0.15, -0.1) is 0 Å². The molecule has 2 aliphatic carbocycles. The lowest BCUT2D eigenvalue weighted by molar-refractivity contribution is -0.0503. The minimum absolute atomic E-state index is 0.0101. The molecule has 1 aromatic carbocycles. The summed E-state index contributed by atoms with van der Waals surface area (Å²) in [7, 11) is 0. The zero-order valence-corrected chi connectivity index (χ0v) is 12.5. The number of alkyl halides is 2. The van der Waals surface area contributed by atoms with Gasteiger partial charge in [0.1, 0.15) is 5.75 Å². The summed E-state index contributed by atoms with van der Waals surface area (Å²) in [6, 6.07) is 5.24. The van der Waals surface area contributed by atoms with E-state index in [-0.39, 0.29) is 23.1 Å². The van der Waals surface area contributed by atoms with Crippen molar-refractivity contribution < 1.29 is 17.6 Å². The van der Waals surface area contributed by atoms with Crippen LogP contribution >= 0.6 is 0 Å². The van der Waals surface area contributed by atoms with Gasteiger partial charge in [-0.3, -0.25) is 0 Å². The highest BCUT2D eigenvalue weighted by molar-refractivity contribution is 5.45. The number of benzene rings is 1. The van der Waals surface area contributed by atoms with Gasteiger partial charge in [-0.1, -0.05) is 18.9 Å². The number of likely N-dealkylation sites (N-methyl/N-ethyl adjacent to an activating group) is 1. The summed E-state index contributed by atoms with van der Waals surface area (Å²) in [4.78, 5) is 1.70. The van der Waals surface area contributed by atoms with Crippen LogP contribution in [0.3, 0.4) is 0 Å². The topological polar surface area (TPSA) is 12.5 Å². The molecule has 120 valence electrons. The maximum absolute atomic E-state index is 12.6. The van der Waals surface area contributed by atoms with Crippen LogP contribution < -0.4 is 4.74 Å². The van der Waals surface area contributed by atoms with Gasteiger partial charge < -0.3 is 9.64 Å². The molecule has 0 amide bonds. The molecule has 1 aliphatic heterocycles. The molecule has 1 saturated heterocycles. The van der Waals surface area contributed by atoms with Crippen LogP contribution in [0.15, 0.2) is 18.2 Å². The molecule has 3 aliphatic rings. The molecule has 2 fully saturated rings. The fourth-order valence-corrected chi connectivity index (χ4v) is 5.16. The molecule has 22 heavy (non-hydrogen) atoms. The van der Waals surface area contributed by atoms with Gasteiger partial charge in [0.05, 0.1) is 0 Å². The number of likely N-dealkylation sites (tertiary alicyclic amines) is 1. The molecule has 2 bridgehead atoms. The molecule has 0 radical (unpaired) electrons. The normalized spacial score (nSPS) is 36.8. The first kappa shape index (κ1) is 11.4. The Morgan fingerprint density at radius 1 is 1.36 bits per heavy atom. The van der Waals surface area contributed by atoms with Crippen molar-refractivity contribution in [1.82, 2.24) is 4.90 Å². The first-order valence-electron chi connectivity index (χ1n) is 9.66. The molecule has 0 N–H and O–H groups in total. The van der Waals surface area contributed by atoms with Crippen molar-refractivity contribution in [2.45, 2.75) is 56.6 Å². The maximum atomic E-state index is 12.6. The molecule has 1 heterocycles. The van der Waals surface area contributed by atoms with Gasteiger partial charge in [-0.2, -0.15) is 8.78 Å². The second-order valence-corrected chi connectivity index (χ2v) is 6.92. The van der Waals surface area contributed by atoms with Crippen LogP contribution in [0, 0.1) is 5.92 Å². The molecule has 1 saturated carbocycles. The van der Waals surface area contributed by atoms with E-state index in [9.17, 15) is 8.78 Å². The second kappa shape index (κ2) is 5.19. The zero-order chi connectivity index (χ0) is 17.8. The predicted molar refractivity (Wildman–Crippen MR) is 81.4 cm³/mol. The number of rotatable bonds is 2. The maximum Gasteiger partial charge on any atom is 0.387 e. The lowest BCUT2D eigenvalue weighted by Gasteiger charge is -2.58. The number of nitrogens with zero attached hydrogens (tertiary/aromatic N) is 1. The van der Waals surface area contributed by atoms with Crippen LogP contribution in [0.1, 0.15) is 47.3 Å². The Bertz CT molecular complexity index is 666. The van der Waals surface area contributed by atoms with Crippen LogP contribution in [0.25, 0.3) is 0 Å². The fourth-order valence-electron chi connectivity index (χ4n) is 5.16. The van der Waals surface area contributed by atoms with Gasteiger partial charge >= 0.3 is 6.61 Å². The SMILES string of the molecule is [2H]C([2H])([2H])N1CC[C@@]23CCCC[C@@H]2C1Cc1ccc(OC(F)F)cc13. The zero-order valence-electron chi connectivity index (χ0n) is 15.5. The Morgan fingerprint density at radius 2 is 2.27 bits per heavy atom. The quantitative estimate of drug-likeness (QED) is 0.819. The largest absolute Gasteiger partial charge is 0.435 e. The molecule has 2 nitrogen and oxygen atoms in total. The van der Waals surface area contributed by atoms with Crippen molar-refractivity contribution in [1.29, 1.82) is 0 Å². The summed E-state index contributed by atoms with van der Waals surface area (Å²) >= 11 is 0. The van der Waals surface area contributed by atoms with Crippen molar-refractivity contribution in [3.63, 3.8) is 0 Å². The number of halogens is 2. The molecule has 4 heteroatoms. The first-order chi connectivity index (χ1) is 11.8. The third-order valence-corrected chi connectivity index (χ3v) is 6.03. The van der Waals surface area contributed by atoms with E-state index in [0.717, 1.165) is 43.2 Å². The van der Waals surface area contributed by atoms with E-state index >= 15 is 0 Å². The van der Waals surface area contributed by atoms with Gasteiger partial charge in [0, 0.05) is 15.6 Å². The van der Waals surface area contributed by atoms with Gasteiger partial charge in [-0.25, -0.2) is 0 Å². The average molecular weight is 310 g/mol. The Morgan fingerprint density at radius 3 is 3.09 bits per heavy atom. The Hall–Kier alpha value is -1.16. The third kappa shape index (κ3) is 2.07. The monoisotopic (exact) mass is 310 g/mol. The molecule has 4 rings (SSSR count). The Kier molecular flexibility index (Phi) is 2.69. The van der Waals surface area contributed by atoms with Crippen LogP contribution in [0.5, 0.6) is 5.75 Å². The fraction of sp³-hybridized carbons (Fsp3) is 0.667. The molecule has 0 aromatic heterocycles. The van der Waals surface area contributed by atoms with Crippen LogP contribution in [0.4, 0.5) is 8.78 Å². The van der Waals surface area contributed by atoms with Gasteiger partial charge in [0.25, 0.3) is 0 Å². The van der Waals surface area contributed by atoms with Gasteiger partial charge in [0.15, 0.2) is 0 Å². The molecule has 0 spiro atoms. The van der Waals surface area contributed by atoms with E-state index in [1.165, 1.54) is 0 Å². The number of piperidine rings is 1. The van der Waals surface area contributed by atoms with Crippen LogP contribution in [0.2, 0.25) is 0 Å². The molecule has 3 atom stereocenters. The lowest BCUT2D eigenvalue weighted by atomic mass is 9.52. The molecular formula is C18H23F2NO. The van der Waals surface area contributed by atoms with E-state index in [0.29, 0.717) is 13.0 Å². The van der Waals surface area contributed by atoms with E-state index in [1.54, 1.807) is 17.0 Å². The number of ether oxygens (including phenoxy) is 1. The number of hydrogen-bond acceptors (Lipinski definition) is 2. The standard InChI is InChI=1S/C18H23F2NO/c1-21-9-8-18-7-3-2-4-14(18)16(21)10-12-5-6-13(11-15(12)18)22-17(19)20/h5-6,11,14,16-17H,2-4,7-10H2,1H3/t14-,16?,18+/m1/s1/i1D3. The Labute approximate surface area is 134 Å². The highest BCUT2D eigenvalue weighted by Crippen LogP contribution is 2.55. The smallest absolute Gasteiger partial charge is 0.387 e. The minimum atomic E-state index is -2.83. The van der Waals surface area contributed by atoms with Gasteiger partial charge in [-0.05, 0) is 68.4 Å². The summed E-state index contributed by atoms with van der Waals surface area (Å²) in [5, 5.41) is 0. The van der Waals surface area contributed by atoms with Crippen LogP contribution in [-0.4, -0.2) is 31.1 Å². The van der Waals surface area contributed by atoms with Crippen molar-refractivity contribution >= 4 is 0 Å². The third-order valence-electron chi connectivity index (χ3n) is 6.03. The average Bonchev–Trinajstić information content (AvgIpc) is 2.54. The van der Waals surface area contributed by atoms with E-state index in [4.69, 9.17) is 4.11 Å². The Balaban J connectivity index is 1.79.